The van der Waals surface area contributed by atoms with Gasteiger partial charge in [0.1, 0.15) is 10.9 Å². The molecule has 4 heteroatoms. The second kappa shape index (κ2) is 5.21. The highest BCUT2D eigenvalue weighted by molar-refractivity contribution is 7.90. The molecular weight excluding hydrogens is 234 g/mol. The molecule has 1 saturated carbocycles. The second-order valence-corrected chi connectivity index (χ2v) is 7.98. The van der Waals surface area contributed by atoms with Gasteiger partial charge < -0.3 is 9.29 Å². The van der Waals surface area contributed by atoms with E-state index in [9.17, 15) is 4.55 Å². The van der Waals surface area contributed by atoms with Gasteiger partial charge in [0.2, 0.25) is 0 Å². The topological polar surface area (TPSA) is 44.3 Å². The monoisotopic (exact) mass is 257 g/mol. The Morgan fingerprint density at radius 3 is 2.53 bits per heavy atom. The SMILES string of the molecule is CC(C)(C)[S+]([O-])N[C@H](C1CC1)[C@H]1CCC=CO1. The minimum Gasteiger partial charge on any atom is -0.598 e. The highest BCUT2D eigenvalue weighted by Gasteiger charge is 2.42. The van der Waals surface area contributed by atoms with Gasteiger partial charge in [0, 0.05) is 11.4 Å². The average Bonchev–Trinajstić information content (AvgIpc) is 3.09. The van der Waals surface area contributed by atoms with E-state index < -0.39 is 11.4 Å². The van der Waals surface area contributed by atoms with Crippen LogP contribution in [0.5, 0.6) is 0 Å². The Bertz CT molecular complexity index is 284. The lowest BCUT2D eigenvalue weighted by atomic mass is 10.0. The van der Waals surface area contributed by atoms with Crippen molar-refractivity contribution in [3.05, 3.63) is 12.3 Å². The van der Waals surface area contributed by atoms with Crippen LogP contribution in [0.2, 0.25) is 0 Å². The van der Waals surface area contributed by atoms with E-state index in [0.717, 1.165) is 12.8 Å². The molecule has 0 bridgehead atoms. The number of ether oxygens (including phenoxy) is 1. The molecule has 1 N–H and O–H groups in total. The first-order valence-corrected chi connectivity index (χ1v) is 7.62. The molecule has 1 aliphatic heterocycles. The van der Waals surface area contributed by atoms with Crippen LogP contribution < -0.4 is 4.72 Å². The van der Waals surface area contributed by atoms with Crippen molar-refractivity contribution >= 4 is 11.4 Å². The second-order valence-electron chi connectivity index (χ2n) is 5.99. The van der Waals surface area contributed by atoms with E-state index in [-0.39, 0.29) is 16.9 Å². The summed E-state index contributed by atoms with van der Waals surface area (Å²) in [5.74, 6) is 0.651. The number of hydrogen-bond acceptors (Lipinski definition) is 3. The fourth-order valence-electron chi connectivity index (χ4n) is 2.05. The van der Waals surface area contributed by atoms with E-state index in [1.54, 1.807) is 6.26 Å². The molecule has 0 radical (unpaired) electrons. The smallest absolute Gasteiger partial charge is 0.136 e. The Morgan fingerprint density at radius 1 is 1.35 bits per heavy atom. The van der Waals surface area contributed by atoms with Gasteiger partial charge in [0.25, 0.3) is 0 Å². The zero-order valence-electron chi connectivity index (χ0n) is 10.9. The van der Waals surface area contributed by atoms with E-state index in [2.05, 4.69) is 10.8 Å². The predicted octanol–water partition coefficient (Wildman–Crippen LogP) is 2.51. The van der Waals surface area contributed by atoms with Crippen LogP contribution in [0.1, 0.15) is 46.5 Å². The van der Waals surface area contributed by atoms with Crippen LogP contribution >= 0.6 is 0 Å². The van der Waals surface area contributed by atoms with E-state index in [4.69, 9.17) is 4.74 Å². The average molecular weight is 257 g/mol. The highest BCUT2D eigenvalue weighted by Crippen LogP contribution is 2.37. The number of allylic oxidation sites excluding steroid dienone is 1. The van der Waals surface area contributed by atoms with Crippen LogP contribution in [0.3, 0.4) is 0 Å². The fraction of sp³-hybridized carbons (Fsp3) is 0.846. The molecule has 2 rings (SSSR count). The van der Waals surface area contributed by atoms with Crippen molar-refractivity contribution in [2.45, 2.75) is 63.3 Å². The zero-order chi connectivity index (χ0) is 12.5. The standard InChI is InChI=1S/C13H23NO2S/c1-13(2,3)17(15)14-12(10-7-8-10)11-6-4-5-9-16-11/h5,9-12,14H,4,6-8H2,1-3H3/t11-,12-,17?/m1/s1. The van der Waals surface area contributed by atoms with Gasteiger partial charge in [-0.3, -0.25) is 0 Å². The minimum absolute atomic E-state index is 0.193. The van der Waals surface area contributed by atoms with Gasteiger partial charge in [-0.15, -0.1) is 4.72 Å². The molecule has 98 valence electrons. The summed E-state index contributed by atoms with van der Waals surface area (Å²) in [6.45, 7) is 6.01. The third-order valence-corrected chi connectivity index (χ3v) is 4.90. The van der Waals surface area contributed by atoms with Crippen molar-refractivity contribution in [3.8, 4) is 0 Å². The molecule has 2 aliphatic rings. The van der Waals surface area contributed by atoms with E-state index in [1.165, 1.54) is 12.8 Å². The van der Waals surface area contributed by atoms with Gasteiger partial charge in [0.05, 0.1) is 12.3 Å². The summed E-state index contributed by atoms with van der Waals surface area (Å²) in [7, 11) is 0. The summed E-state index contributed by atoms with van der Waals surface area (Å²) in [5, 5.41) is 0. The minimum atomic E-state index is -1.00. The quantitative estimate of drug-likeness (QED) is 0.787. The molecule has 0 aromatic heterocycles. The summed E-state index contributed by atoms with van der Waals surface area (Å²) in [6.07, 6.45) is 8.63. The summed E-state index contributed by atoms with van der Waals surface area (Å²) in [6, 6.07) is 0.250. The normalized spacial score (nSPS) is 28.6. The Labute approximate surface area is 107 Å². The van der Waals surface area contributed by atoms with Gasteiger partial charge in [-0.2, -0.15) is 0 Å². The van der Waals surface area contributed by atoms with Gasteiger partial charge in [0.15, 0.2) is 0 Å². The highest BCUT2D eigenvalue weighted by atomic mass is 32.2. The van der Waals surface area contributed by atoms with E-state index >= 15 is 0 Å². The van der Waals surface area contributed by atoms with E-state index in [0.29, 0.717) is 5.92 Å². The van der Waals surface area contributed by atoms with Crippen molar-refractivity contribution < 1.29 is 9.29 Å². The van der Waals surface area contributed by atoms with Crippen LogP contribution in [0.25, 0.3) is 0 Å². The first kappa shape index (κ1) is 13.2. The van der Waals surface area contributed by atoms with Crippen LogP contribution in [0, 0.1) is 5.92 Å². The maximum absolute atomic E-state index is 12.2. The molecule has 1 fully saturated rings. The first-order chi connectivity index (χ1) is 7.98. The number of rotatable bonds is 4. The Balaban J connectivity index is 1.95. The Hall–Kier alpha value is -0.190. The number of hydrogen-bond donors (Lipinski definition) is 1. The van der Waals surface area contributed by atoms with Crippen LogP contribution in [0.4, 0.5) is 0 Å². The molecule has 3 atom stereocenters. The molecule has 0 aromatic rings. The Kier molecular flexibility index (Phi) is 4.06. The molecule has 0 saturated heterocycles. The molecule has 0 aromatic carbocycles. The molecule has 3 nitrogen and oxygen atoms in total. The lowest BCUT2D eigenvalue weighted by Gasteiger charge is -2.32. The lowest BCUT2D eigenvalue weighted by Crippen LogP contribution is -2.51. The molecule has 0 amide bonds. The van der Waals surface area contributed by atoms with E-state index in [1.807, 2.05) is 20.8 Å². The summed E-state index contributed by atoms with van der Waals surface area (Å²) in [5.41, 5.74) is 0. The summed E-state index contributed by atoms with van der Waals surface area (Å²) in [4.78, 5) is 0. The van der Waals surface area contributed by atoms with Crippen molar-refractivity contribution in [3.63, 3.8) is 0 Å². The Morgan fingerprint density at radius 2 is 2.06 bits per heavy atom. The molecule has 1 aliphatic carbocycles. The largest absolute Gasteiger partial charge is 0.598 e. The van der Waals surface area contributed by atoms with Gasteiger partial charge >= 0.3 is 0 Å². The van der Waals surface area contributed by atoms with Gasteiger partial charge in [-0.05, 0) is 58.4 Å². The summed E-state index contributed by atoms with van der Waals surface area (Å²) < 4.78 is 20.9. The maximum atomic E-state index is 12.2. The van der Waals surface area contributed by atoms with Crippen LogP contribution in [0.15, 0.2) is 12.3 Å². The molecule has 0 spiro atoms. The predicted molar refractivity (Wildman–Crippen MR) is 70.8 cm³/mol. The molecular formula is C13H23NO2S. The third kappa shape index (κ3) is 3.63. The molecule has 17 heavy (non-hydrogen) atoms. The lowest BCUT2D eigenvalue weighted by molar-refractivity contribution is 0.0858. The van der Waals surface area contributed by atoms with Gasteiger partial charge in [-0.25, -0.2) is 0 Å². The van der Waals surface area contributed by atoms with Crippen molar-refractivity contribution in [1.29, 1.82) is 0 Å². The van der Waals surface area contributed by atoms with Crippen LogP contribution in [-0.2, 0) is 16.1 Å². The number of nitrogens with one attached hydrogen (secondary N) is 1. The fourth-order valence-corrected chi connectivity index (χ4v) is 2.99. The third-order valence-electron chi connectivity index (χ3n) is 3.30. The van der Waals surface area contributed by atoms with Crippen molar-refractivity contribution in [1.82, 2.24) is 4.72 Å². The molecule has 1 unspecified atom stereocenters. The summed E-state index contributed by atoms with van der Waals surface area (Å²) >= 11 is -1.00. The zero-order valence-corrected chi connectivity index (χ0v) is 11.8. The van der Waals surface area contributed by atoms with Crippen LogP contribution in [-0.4, -0.2) is 21.4 Å². The van der Waals surface area contributed by atoms with Crippen molar-refractivity contribution in [2.75, 3.05) is 0 Å². The maximum Gasteiger partial charge on any atom is 0.136 e. The van der Waals surface area contributed by atoms with Crippen molar-refractivity contribution in [2.24, 2.45) is 5.92 Å². The van der Waals surface area contributed by atoms with Gasteiger partial charge in [-0.1, -0.05) is 0 Å². The molecule has 1 heterocycles. The first-order valence-electron chi connectivity index (χ1n) is 6.47.